The highest BCUT2D eigenvalue weighted by atomic mass is 16.5. The van der Waals surface area contributed by atoms with Gasteiger partial charge in [0.25, 0.3) is 11.5 Å². The number of carbonyl (C=O) groups excluding carboxylic acids is 1. The van der Waals surface area contributed by atoms with Crippen LogP contribution in [0.3, 0.4) is 0 Å². The van der Waals surface area contributed by atoms with Crippen LogP contribution >= 0.6 is 0 Å². The fourth-order valence-electron chi connectivity index (χ4n) is 2.49. The van der Waals surface area contributed by atoms with Crippen molar-refractivity contribution in [1.82, 2.24) is 24.8 Å². The molecule has 1 unspecified atom stereocenters. The number of nitrogens with one attached hydrogen (secondary N) is 2. The summed E-state index contributed by atoms with van der Waals surface area (Å²) in [5.74, 6) is -0.00277. The van der Waals surface area contributed by atoms with Gasteiger partial charge in [-0.1, -0.05) is 0 Å². The van der Waals surface area contributed by atoms with Crippen molar-refractivity contribution < 1.29 is 9.53 Å². The van der Waals surface area contributed by atoms with Gasteiger partial charge in [-0.2, -0.15) is 0 Å². The first-order chi connectivity index (χ1) is 11.1. The molecule has 2 N–H and O–H groups in total. The lowest BCUT2D eigenvalue weighted by molar-refractivity contribution is 0.0521. The molecule has 0 aromatic carbocycles. The normalized spacial score (nSPS) is 17.7. The Morgan fingerprint density at radius 3 is 2.91 bits per heavy atom. The van der Waals surface area contributed by atoms with E-state index >= 15 is 0 Å². The van der Waals surface area contributed by atoms with E-state index < -0.39 is 17.2 Å². The molecule has 0 bridgehead atoms. The molecule has 1 aliphatic rings. The molecule has 9 nitrogen and oxygen atoms in total. The van der Waals surface area contributed by atoms with E-state index in [0.717, 1.165) is 18.9 Å². The van der Waals surface area contributed by atoms with Crippen molar-refractivity contribution >= 4 is 5.91 Å². The molecule has 1 aliphatic heterocycles. The molecule has 9 heteroatoms. The first-order valence-corrected chi connectivity index (χ1v) is 7.17. The summed E-state index contributed by atoms with van der Waals surface area (Å²) < 4.78 is 5.71. The molecule has 3 heterocycles. The Labute approximate surface area is 130 Å². The number of aromatic nitrogens is 4. The molecular formula is C14H15N5O4. The Morgan fingerprint density at radius 1 is 1.30 bits per heavy atom. The van der Waals surface area contributed by atoms with Crippen LogP contribution in [0.2, 0.25) is 0 Å². The first kappa shape index (κ1) is 14.9. The zero-order valence-electron chi connectivity index (χ0n) is 12.2. The predicted octanol–water partition coefficient (Wildman–Crippen LogP) is -0.463. The molecular weight excluding hydrogens is 302 g/mol. The lowest BCUT2D eigenvalue weighted by Crippen LogP contribution is -2.45. The summed E-state index contributed by atoms with van der Waals surface area (Å²) in [5, 5.41) is 0. The zero-order valence-corrected chi connectivity index (χ0v) is 12.2. The third kappa shape index (κ3) is 3.62. The van der Waals surface area contributed by atoms with Crippen molar-refractivity contribution in [2.45, 2.75) is 18.9 Å². The molecule has 120 valence electrons. The van der Waals surface area contributed by atoms with Crippen LogP contribution in [0, 0.1) is 0 Å². The number of amides is 1. The van der Waals surface area contributed by atoms with Gasteiger partial charge in [0.1, 0.15) is 11.8 Å². The number of aromatic amines is 2. The minimum Gasteiger partial charge on any atom is -0.471 e. The van der Waals surface area contributed by atoms with Gasteiger partial charge in [-0.15, -0.1) is 0 Å². The Hall–Kier alpha value is -2.97. The molecule has 1 fully saturated rings. The fourth-order valence-corrected chi connectivity index (χ4v) is 2.49. The second kappa shape index (κ2) is 6.42. The molecule has 0 spiro atoms. The molecule has 3 rings (SSSR count). The van der Waals surface area contributed by atoms with Gasteiger partial charge in [0.15, 0.2) is 0 Å². The Kier molecular flexibility index (Phi) is 4.18. The molecule has 2 aromatic heterocycles. The molecule has 2 aromatic rings. The highest BCUT2D eigenvalue weighted by molar-refractivity contribution is 5.92. The van der Waals surface area contributed by atoms with Gasteiger partial charge >= 0.3 is 5.69 Å². The first-order valence-electron chi connectivity index (χ1n) is 7.17. The van der Waals surface area contributed by atoms with Crippen molar-refractivity contribution in [3.8, 4) is 5.88 Å². The second-order valence-electron chi connectivity index (χ2n) is 5.18. The Bertz CT molecular complexity index is 772. The number of ether oxygens (including phenoxy) is 1. The van der Waals surface area contributed by atoms with E-state index in [2.05, 4.69) is 15.0 Å². The van der Waals surface area contributed by atoms with Crippen LogP contribution in [0.15, 0.2) is 34.2 Å². The van der Waals surface area contributed by atoms with E-state index in [9.17, 15) is 14.4 Å². The van der Waals surface area contributed by atoms with Gasteiger partial charge in [0.05, 0.1) is 12.7 Å². The van der Waals surface area contributed by atoms with Crippen molar-refractivity contribution in [2.75, 3.05) is 13.1 Å². The summed E-state index contributed by atoms with van der Waals surface area (Å²) >= 11 is 0. The number of rotatable bonds is 3. The average molecular weight is 317 g/mol. The maximum atomic E-state index is 12.4. The fraction of sp³-hybridized carbons (Fsp3) is 0.357. The highest BCUT2D eigenvalue weighted by Crippen LogP contribution is 2.17. The predicted molar refractivity (Wildman–Crippen MR) is 79.3 cm³/mol. The number of nitrogens with zero attached hydrogens (tertiary/aromatic N) is 3. The van der Waals surface area contributed by atoms with Gasteiger partial charge in [0.2, 0.25) is 5.88 Å². The van der Waals surface area contributed by atoms with Gasteiger partial charge in [-0.05, 0) is 12.8 Å². The number of carbonyl (C=O) groups is 1. The summed E-state index contributed by atoms with van der Waals surface area (Å²) in [6.45, 7) is 0.887. The third-order valence-electron chi connectivity index (χ3n) is 3.48. The number of H-pyrrole nitrogens is 2. The van der Waals surface area contributed by atoms with Crippen molar-refractivity contribution in [3.63, 3.8) is 0 Å². The lowest BCUT2D eigenvalue weighted by Gasteiger charge is -2.32. The van der Waals surface area contributed by atoms with E-state index in [0.29, 0.717) is 19.0 Å². The Balaban J connectivity index is 1.71. The van der Waals surface area contributed by atoms with Crippen LogP contribution in [0.25, 0.3) is 0 Å². The highest BCUT2D eigenvalue weighted by Gasteiger charge is 2.26. The minimum atomic E-state index is -0.704. The van der Waals surface area contributed by atoms with Crippen molar-refractivity contribution in [2.24, 2.45) is 0 Å². The van der Waals surface area contributed by atoms with Crippen LogP contribution in [0.5, 0.6) is 5.88 Å². The van der Waals surface area contributed by atoms with Crippen LogP contribution in [0.4, 0.5) is 0 Å². The Morgan fingerprint density at radius 2 is 2.17 bits per heavy atom. The molecule has 0 radical (unpaired) electrons. The summed E-state index contributed by atoms with van der Waals surface area (Å²) in [6.07, 6.45) is 5.92. The lowest BCUT2D eigenvalue weighted by atomic mass is 10.1. The monoisotopic (exact) mass is 317 g/mol. The average Bonchev–Trinajstić information content (AvgIpc) is 2.54. The minimum absolute atomic E-state index is 0.0288. The van der Waals surface area contributed by atoms with Crippen LogP contribution in [0.1, 0.15) is 23.3 Å². The van der Waals surface area contributed by atoms with Crippen molar-refractivity contribution in [1.29, 1.82) is 0 Å². The largest absolute Gasteiger partial charge is 0.471 e. The topological polar surface area (TPSA) is 121 Å². The number of hydrogen-bond acceptors (Lipinski definition) is 6. The third-order valence-corrected chi connectivity index (χ3v) is 3.48. The van der Waals surface area contributed by atoms with Crippen LogP contribution < -0.4 is 16.0 Å². The number of likely N-dealkylation sites (tertiary alicyclic amines) is 1. The van der Waals surface area contributed by atoms with Gasteiger partial charge in [-0.25, -0.2) is 9.78 Å². The summed E-state index contributed by atoms with van der Waals surface area (Å²) in [7, 11) is 0. The van der Waals surface area contributed by atoms with E-state index in [1.165, 1.54) is 12.4 Å². The number of hydrogen-bond donors (Lipinski definition) is 2. The maximum Gasteiger partial charge on any atom is 0.326 e. The zero-order chi connectivity index (χ0) is 16.2. The molecule has 23 heavy (non-hydrogen) atoms. The quantitative estimate of drug-likeness (QED) is 0.790. The van der Waals surface area contributed by atoms with Crippen LogP contribution in [-0.4, -0.2) is 49.9 Å². The number of piperidine rings is 1. The van der Waals surface area contributed by atoms with Crippen LogP contribution in [-0.2, 0) is 0 Å². The molecule has 0 saturated carbocycles. The molecule has 1 atom stereocenters. The molecule has 1 saturated heterocycles. The van der Waals surface area contributed by atoms with Crippen molar-refractivity contribution in [3.05, 3.63) is 51.2 Å². The van der Waals surface area contributed by atoms with E-state index in [1.54, 1.807) is 11.1 Å². The smallest absolute Gasteiger partial charge is 0.326 e. The van der Waals surface area contributed by atoms with Gasteiger partial charge < -0.3 is 14.6 Å². The van der Waals surface area contributed by atoms with E-state index in [-0.39, 0.29) is 11.8 Å². The molecule has 1 amide bonds. The second-order valence-corrected chi connectivity index (χ2v) is 5.18. The summed E-state index contributed by atoms with van der Waals surface area (Å²) in [6, 6.07) is 1.08. The standard InChI is InChI=1S/C14H15N5O4/c20-11-6-10(17-14(22)18-11)13(21)19-5-1-2-9(8-19)23-12-7-15-3-4-16-12/h3-4,6-7,9H,1-2,5,8H2,(H2,17,18,20,22). The molecule has 0 aliphatic carbocycles. The SMILES string of the molecule is O=C(c1cc(=O)[nH]c(=O)[nH]1)N1CCCC(Oc2cnccn2)C1. The summed E-state index contributed by atoms with van der Waals surface area (Å²) in [4.78, 5) is 48.9. The van der Waals surface area contributed by atoms with E-state index in [1.807, 2.05) is 4.98 Å². The summed E-state index contributed by atoms with van der Waals surface area (Å²) in [5.41, 5.74) is -1.34. The van der Waals surface area contributed by atoms with Gasteiger partial charge in [0, 0.05) is 25.0 Å². The maximum absolute atomic E-state index is 12.4. The van der Waals surface area contributed by atoms with Gasteiger partial charge in [-0.3, -0.25) is 19.6 Å². The van der Waals surface area contributed by atoms with E-state index in [4.69, 9.17) is 4.74 Å².